The predicted molar refractivity (Wildman–Crippen MR) is 131 cm³/mol. The molecule has 2 heterocycles. The zero-order valence-electron chi connectivity index (χ0n) is 14.9. The number of rotatable bonds is 2. The standard InChI is InChI=1S/C10H5Br2ClN2.C10H6BrClN2O/c11-8-5-9(12)14-15-10(8)6-1-3-7(13)4-2-6;11-9-5-8(15)10(14-13-9)6-1-3-7(12)4-2-6/h1-5H;1-5H,(H,13,15). The lowest BCUT2D eigenvalue weighted by molar-refractivity contribution is 1.000. The van der Waals surface area contributed by atoms with Crippen LogP contribution >= 0.6 is 71.0 Å². The second kappa shape index (κ2) is 10.6. The Labute approximate surface area is 207 Å². The van der Waals surface area contributed by atoms with Crippen LogP contribution < -0.4 is 5.43 Å². The number of hydrogen-bond donors (Lipinski definition) is 1. The third-order valence-corrected chi connectivity index (χ3v) is 5.62. The molecule has 0 saturated carbocycles. The van der Waals surface area contributed by atoms with E-state index in [1.807, 2.05) is 30.3 Å². The molecule has 4 rings (SSSR count). The average Bonchev–Trinajstić information content (AvgIpc) is 2.70. The monoisotopic (exact) mass is 630 g/mol. The smallest absolute Gasteiger partial charge is 0.209 e. The summed E-state index contributed by atoms with van der Waals surface area (Å²) < 4.78 is 2.16. The van der Waals surface area contributed by atoms with Gasteiger partial charge < -0.3 is 0 Å². The summed E-state index contributed by atoms with van der Waals surface area (Å²) in [6.07, 6.45) is 0. The third kappa shape index (κ3) is 6.21. The molecule has 5 nitrogen and oxygen atoms in total. The predicted octanol–water partition coefficient (Wildman–Crippen LogP) is 7.17. The highest BCUT2D eigenvalue weighted by atomic mass is 79.9. The second-order valence-corrected chi connectivity index (χ2v) is 9.20. The summed E-state index contributed by atoms with van der Waals surface area (Å²) in [5.74, 6) is 0. The second-order valence-electron chi connectivity index (χ2n) is 5.81. The van der Waals surface area contributed by atoms with E-state index in [1.165, 1.54) is 6.07 Å². The quantitative estimate of drug-likeness (QED) is 0.254. The molecule has 1 N–H and O–H groups in total. The molecule has 0 aliphatic heterocycles. The van der Waals surface area contributed by atoms with Gasteiger partial charge in [0, 0.05) is 31.7 Å². The van der Waals surface area contributed by atoms with Gasteiger partial charge in [0.2, 0.25) is 5.43 Å². The molecule has 0 fully saturated rings. The Balaban J connectivity index is 0.000000171. The lowest BCUT2D eigenvalue weighted by atomic mass is 10.1. The first-order valence-electron chi connectivity index (χ1n) is 8.29. The van der Waals surface area contributed by atoms with Crippen LogP contribution in [-0.2, 0) is 0 Å². The van der Waals surface area contributed by atoms with Crippen LogP contribution in [0.2, 0.25) is 10.0 Å². The molecule has 0 saturated heterocycles. The minimum atomic E-state index is -0.136. The number of nitrogens with zero attached hydrogens (tertiary/aromatic N) is 3. The molecule has 0 bridgehead atoms. The van der Waals surface area contributed by atoms with Crippen molar-refractivity contribution in [2.45, 2.75) is 0 Å². The van der Waals surface area contributed by atoms with Gasteiger partial charge in [-0.1, -0.05) is 47.5 Å². The van der Waals surface area contributed by atoms with Gasteiger partial charge in [-0.15, -0.1) is 10.2 Å². The van der Waals surface area contributed by atoms with Crippen LogP contribution in [0.1, 0.15) is 0 Å². The lowest BCUT2D eigenvalue weighted by Crippen LogP contribution is -2.07. The number of H-pyrrole nitrogens is 1. The third-order valence-electron chi connectivity index (χ3n) is 3.72. The largest absolute Gasteiger partial charge is 0.287 e. The fourth-order valence-corrected chi connectivity index (χ4v) is 4.03. The van der Waals surface area contributed by atoms with E-state index in [-0.39, 0.29) is 5.43 Å². The maximum atomic E-state index is 11.6. The van der Waals surface area contributed by atoms with Crippen molar-refractivity contribution in [2.24, 2.45) is 0 Å². The maximum absolute atomic E-state index is 11.6. The molecule has 0 radical (unpaired) electrons. The lowest BCUT2D eigenvalue weighted by Gasteiger charge is -2.02. The fourth-order valence-electron chi connectivity index (χ4n) is 2.35. The van der Waals surface area contributed by atoms with Crippen molar-refractivity contribution < 1.29 is 0 Å². The van der Waals surface area contributed by atoms with Crippen LogP contribution in [0.25, 0.3) is 22.5 Å². The first kappa shape index (κ1) is 23.1. The molecule has 30 heavy (non-hydrogen) atoms. The molecule has 2 aromatic heterocycles. The van der Waals surface area contributed by atoms with E-state index in [1.54, 1.807) is 24.3 Å². The summed E-state index contributed by atoms with van der Waals surface area (Å²) in [5.41, 5.74) is 2.77. The number of aromatic nitrogens is 4. The number of halogens is 5. The minimum absolute atomic E-state index is 0.136. The Bertz CT molecular complexity index is 1220. The topological polar surface area (TPSA) is 71.5 Å². The summed E-state index contributed by atoms with van der Waals surface area (Å²) in [4.78, 5) is 11.6. The van der Waals surface area contributed by atoms with E-state index in [0.29, 0.717) is 24.9 Å². The highest BCUT2D eigenvalue weighted by Crippen LogP contribution is 2.27. The molecule has 10 heteroatoms. The van der Waals surface area contributed by atoms with E-state index in [4.69, 9.17) is 23.2 Å². The summed E-state index contributed by atoms with van der Waals surface area (Å²) in [6, 6.07) is 17.7. The first-order valence-corrected chi connectivity index (χ1v) is 11.4. The highest BCUT2D eigenvalue weighted by Gasteiger charge is 2.06. The van der Waals surface area contributed by atoms with Crippen molar-refractivity contribution in [1.29, 1.82) is 0 Å². The molecule has 0 spiro atoms. The summed E-state index contributed by atoms with van der Waals surface area (Å²) in [5, 5.41) is 16.0. The van der Waals surface area contributed by atoms with Gasteiger partial charge in [0.1, 0.15) is 20.6 Å². The Morgan fingerprint density at radius 2 is 1.27 bits per heavy atom. The highest BCUT2D eigenvalue weighted by molar-refractivity contribution is 9.11. The molecule has 0 aliphatic rings. The number of nitrogens with one attached hydrogen (secondary N) is 1. The van der Waals surface area contributed by atoms with E-state index < -0.39 is 0 Å². The van der Waals surface area contributed by atoms with Gasteiger partial charge in [0.15, 0.2) is 0 Å². The summed E-state index contributed by atoms with van der Waals surface area (Å²) >= 11 is 21.4. The van der Waals surface area contributed by atoms with Crippen LogP contribution in [0.4, 0.5) is 0 Å². The molecule has 152 valence electrons. The molecule has 0 amide bonds. The number of aromatic amines is 1. The number of benzene rings is 2. The van der Waals surface area contributed by atoms with Crippen LogP contribution in [0.3, 0.4) is 0 Å². The number of hydrogen-bond acceptors (Lipinski definition) is 4. The van der Waals surface area contributed by atoms with Gasteiger partial charge in [-0.05, 0) is 78.1 Å². The Morgan fingerprint density at radius 3 is 1.77 bits per heavy atom. The van der Waals surface area contributed by atoms with Gasteiger partial charge in [-0.2, -0.15) is 5.10 Å². The van der Waals surface area contributed by atoms with Crippen molar-refractivity contribution >= 4 is 71.0 Å². The summed E-state index contributed by atoms with van der Waals surface area (Å²) in [7, 11) is 0. The normalized spacial score (nSPS) is 10.3. The van der Waals surface area contributed by atoms with Gasteiger partial charge in [-0.25, -0.2) is 0 Å². The van der Waals surface area contributed by atoms with Crippen molar-refractivity contribution in [2.75, 3.05) is 0 Å². The van der Waals surface area contributed by atoms with Crippen molar-refractivity contribution in [3.8, 4) is 22.5 Å². The first-order chi connectivity index (χ1) is 14.3. The SMILES string of the molecule is Clc1ccc(-c2nnc(Br)cc2Br)cc1.O=c1cc(Br)[nH]nc1-c1ccc(Cl)cc1. The minimum Gasteiger partial charge on any atom is -0.287 e. The van der Waals surface area contributed by atoms with Gasteiger partial charge in [-0.3, -0.25) is 9.89 Å². The molecule has 0 aliphatic carbocycles. The fraction of sp³-hybridized carbons (Fsp3) is 0. The molecule has 2 aromatic carbocycles. The summed E-state index contributed by atoms with van der Waals surface area (Å²) in [6.45, 7) is 0. The molecule has 0 unspecified atom stereocenters. The van der Waals surface area contributed by atoms with E-state index in [9.17, 15) is 4.79 Å². The van der Waals surface area contributed by atoms with Gasteiger partial charge in [0.25, 0.3) is 0 Å². The van der Waals surface area contributed by atoms with Gasteiger partial charge in [0.05, 0.1) is 0 Å². The molecular weight excluding hydrogens is 623 g/mol. The van der Waals surface area contributed by atoms with Crippen LogP contribution in [0, 0.1) is 0 Å². The zero-order valence-corrected chi connectivity index (χ0v) is 21.2. The average molecular weight is 634 g/mol. The van der Waals surface area contributed by atoms with Crippen molar-refractivity contribution in [1.82, 2.24) is 20.4 Å². The maximum Gasteiger partial charge on any atom is 0.209 e. The van der Waals surface area contributed by atoms with Crippen molar-refractivity contribution in [3.05, 3.63) is 94.6 Å². The van der Waals surface area contributed by atoms with Crippen molar-refractivity contribution in [3.63, 3.8) is 0 Å². The molecular formula is C20H11Br3Cl2N4O. The Kier molecular flexibility index (Phi) is 8.19. The Morgan fingerprint density at radius 1 is 0.733 bits per heavy atom. The van der Waals surface area contributed by atoms with Gasteiger partial charge >= 0.3 is 0 Å². The molecule has 0 atom stereocenters. The van der Waals surface area contributed by atoms with E-state index in [0.717, 1.165) is 21.3 Å². The van der Waals surface area contributed by atoms with Crippen LogP contribution in [0.5, 0.6) is 0 Å². The van der Waals surface area contributed by atoms with Crippen LogP contribution in [0.15, 0.2) is 79.1 Å². The van der Waals surface area contributed by atoms with E-state index >= 15 is 0 Å². The van der Waals surface area contributed by atoms with Crippen LogP contribution in [-0.4, -0.2) is 20.4 Å². The van der Waals surface area contributed by atoms with E-state index in [2.05, 4.69) is 68.2 Å². The zero-order chi connectivity index (χ0) is 21.7. The molecule has 4 aromatic rings. The Hall–Kier alpha value is -1.58.